The first-order chi connectivity index (χ1) is 27.3. The first kappa shape index (κ1) is 31.5. The number of benzene rings is 9. The van der Waals surface area contributed by atoms with E-state index in [1.54, 1.807) is 0 Å². The van der Waals surface area contributed by atoms with Gasteiger partial charge in [0, 0.05) is 17.2 Å². The summed E-state index contributed by atoms with van der Waals surface area (Å²) in [5, 5.41) is 7.73. The van der Waals surface area contributed by atoms with Gasteiger partial charge in [0.05, 0.1) is 11.0 Å². The first-order valence-corrected chi connectivity index (χ1v) is 19.2. The van der Waals surface area contributed by atoms with Crippen molar-refractivity contribution in [2.24, 2.45) is 0 Å². The van der Waals surface area contributed by atoms with E-state index in [4.69, 9.17) is 4.98 Å². The number of para-hydroxylation sites is 3. The molecule has 0 radical (unpaired) electrons. The smallest absolute Gasteiger partial charge is 0.145 e. The molecule has 2 heteroatoms. The van der Waals surface area contributed by atoms with Gasteiger partial charge in [0.1, 0.15) is 5.82 Å². The zero-order valence-corrected chi connectivity index (χ0v) is 30.2. The molecule has 11 rings (SSSR count). The normalized spacial score (nSPS) is 13.9. The van der Waals surface area contributed by atoms with Crippen molar-refractivity contribution in [2.75, 3.05) is 0 Å². The maximum atomic E-state index is 5.13. The predicted molar refractivity (Wildman–Crippen MR) is 232 cm³/mol. The Kier molecular flexibility index (Phi) is 7.34. The highest BCUT2D eigenvalue weighted by atomic mass is 15.1. The molecule has 1 aliphatic rings. The average molecular weight is 701 g/mol. The third-order valence-electron chi connectivity index (χ3n) is 11.6. The van der Waals surface area contributed by atoms with E-state index in [0.717, 1.165) is 34.5 Å². The van der Waals surface area contributed by atoms with E-state index in [1.165, 1.54) is 71.3 Å². The second kappa shape index (κ2) is 12.8. The molecule has 0 amide bonds. The highest BCUT2D eigenvalue weighted by molar-refractivity contribution is 6.19. The number of imidazole rings is 1. The average Bonchev–Trinajstić information content (AvgIpc) is 3.65. The Hall–Kier alpha value is -7.03. The lowest BCUT2D eigenvalue weighted by atomic mass is 9.76. The molecule has 9 aromatic carbocycles. The monoisotopic (exact) mass is 700 g/mol. The summed E-state index contributed by atoms with van der Waals surface area (Å²) >= 11 is 0. The third kappa shape index (κ3) is 5.14. The molecule has 1 heterocycles. The minimum Gasteiger partial charge on any atom is -0.292 e. The second-order valence-corrected chi connectivity index (χ2v) is 14.6. The summed E-state index contributed by atoms with van der Waals surface area (Å²) in [7, 11) is 0. The summed E-state index contributed by atoms with van der Waals surface area (Å²) in [4.78, 5) is 5.13. The minimum absolute atomic E-state index is 0.254. The first-order valence-electron chi connectivity index (χ1n) is 19.2. The van der Waals surface area contributed by atoms with Crippen molar-refractivity contribution in [3.8, 4) is 39.3 Å². The SMILES string of the molecule is C1=Cc2ccccc2C(c2c3ccccc3c(-c3cccc4ccccc34)c3cc(-c4ccc(-c5nc6ccccc6n5-c5ccccc5)cc4)ccc23)C1. The Morgan fingerprint density at radius 3 is 2.05 bits per heavy atom. The van der Waals surface area contributed by atoms with Crippen molar-refractivity contribution in [1.82, 2.24) is 9.55 Å². The van der Waals surface area contributed by atoms with Gasteiger partial charge in [-0.1, -0.05) is 170 Å². The quantitative estimate of drug-likeness (QED) is 0.163. The molecule has 1 aromatic heterocycles. The van der Waals surface area contributed by atoms with Crippen LogP contribution in [0.4, 0.5) is 0 Å². The number of nitrogens with zero attached hydrogens (tertiary/aromatic N) is 2. The van der Waals surface area contributed by atoms with E-state index in [0.29, 0.717) is 0 Å². The molecule has 1 atom stereocenters. The van der Waals surface area contributed by atoms with Crippen LogP contribution in [0.2, 0.25) is 0 Å². The molecular weight excluding hydrogens is 665 g/mol. The number of allylic oxidation sites excluding steroid dienone is 1. The topological polar surface area (TPSA) is 17.8 Å². The second-order valence-electron chi connectivity index (χ2n) is 14.6. The highest BCUT2D eigenvalue weighted by Gasteiger charge is 2.26. The predicted octanol–water partition coefficient (Wildman–Crippen LogP) is 14.0. The maximum absolute atomic E-state index is 5.13. The van der Waals surface area contributed by atoms with E-state index in [1.807, 2.05) is 0 Å². The lowest BCUT2D eigenvalue weighted by Crippen LogP contribution is -2.07. The Bertz CT molecular complexity index is 3110. The summed E-state index contributed by atoms with van der Waals surface area (Å²) < 4.78 is 2.27. The van der Waals surface area contributed by atoms with Crippen LogP contribution in [0.15, 0.2) is 194 Å². The molecule has 0 spiro atoms. The fourth-order valence-corrected chi connectivity index (χ4v) is 9.08. The van der Waals surface area contributed by atoms with Crippen molar-refractivity contribution in [2.45, 2.75) is 12.3 Å². The van der Waals surface area contributed by atoms with Gasteiger partial charge in [-0.05, 0) is 108 Å². The number of hydrogen-bond donors (Lipinski definition) is 0. The van der Waals surface area contributed by atoms with Crippen LogP contribution in [0.3, 0.4) is 0 Å². The Morgan fingerprint density at radius 1 is 0.491 bits per heavy atom. The van der Waals surface area contributed by atoms with Crippen LogP contribution in [0.25, 0.3) is 88.8 Å². The van der Waals surface area contributed by atoms with Crippen LogP contribution in [-0.2, 0) is 0 Å². The number of rotatable bonds is 5. The largest absolute Gasteiger partial charge is 0.292 e. The molecule has 258 valence electrons. The van der Waals surface area contributed by atoms with E-state index >= 15 is 0 Å². The zero-order valence-electron chi connectivity index (χ0n) is 30.2. The van der Waals surface area contributed by atoms with Gasteiger partial charge in [-0.25, -0.2) is 4.98 Å². The summed E-state index contributed by atoms with van der Waals surface area (Å²) in [6.45, 7) is 0. The van der Waals surface area contributed by atoms with Gasteiger partial charge in [-0.3, -0.25) is 4.57 Å². The van der Waals surface area contributed by atoms with E-state index in [2.05, 4.69) is 205 Å². The molecule has 1 aliphatic carbocycles. The lowest BCUT2D eigenvalue weighted by Gasteiger charge is -2.27. The highest BCUT2D eigenvalue weighted by Crippen LogP contribution is 2.48. The van der Waals surface area contributed by atoms with E-state index in [-0.39, 0.29) is 5.92 Å². The summed E-state index contributed by atoms with van der Waals surface area (Å²) in [5.41, 5.74) is 13.3. The summed E-state index contributed by atoms with van der Waals surface area (Å²) in [6, 6.07) is 68.6. The fourth-order valence-electron chi connectivity index (χ4n) is 9.08. The Morgan fingerprint density at radius 2 is 1.16 bits per heavy atom. The molecule has 0 N–H and O–H groups in total. The number of hydrogen-bond acceptors (Lipinski definition) is 1. The van der Waals surface area contributed by atoms with Crippen LogP contribution < -0.4 is 0 Å². The molecule has 0 fully saturated rings. The molecule has 0 saturated heterocycles. The number of fused-ring (bicyclic) bond motifs is 5. The van der Waals surface area contributed by atoms with Gasteiger partial charge in [0.25, 0.3) is 0 Å². The Balaban J connectivity index is 1.13. The molecule has 0 aliphatic heterocycles. The van der Waals surface area contributed by atoms with Gasteiger partial charge in [0.2, 0.25) is 0 Å². The van der Waals surface area contributed by atoms with Gasteiger partial charge < -0.3 is 0 Å². The zero-order chi connectivity index (χ0) is 36.3. The van der Waals surface area contributed by atoms with Gasteiger partial charge in [-0.2, -0.15) is 0 Å². The van der Waals surface area contributed by atoms with Crippen molar-refractivity contribution < 1.29 is 0 Å². The minimum atomic E-state index is 0.254. The Labute approximate surface area is 320 Å². The van der Waals surface area contributed by atoms with Crippen molar-refractivity contribution >= 4 is 49.4 Å². The molecular formula is C53H36N2. The van der Waals surface area contributed by atoms with Gasteiger partial charge in [0.15, 0.2) is 0 Å². The number of aromatic nitrogens is 2. The molecule has 0 saturated carbocycles. The lowest BCUT2D eigenvalue weighted by molar-refractivity contribution is 0.834. The molecule has 2 nitrogen and oxygen atoms in total. The molecule has 55 heavy (non-hydrogen) atoms. The summed E-state index contributed by atoms with van der Waals surface area (Å²) in [6.07, 6.45) is 5.62. The van der Waals surface area contributed by atoms with Crippen molar-refractivity contribution in [3.05, 3.63) is 211 Å². The molecule has 10 aromatic rings. The molecule has 0 bridgehead atoms. The standard InChI is InChI=1S/C53H36N2/c1-2-18-40(19-3-1)55-50-27-11-10-26-49(50)54-53(55)38-30-28-35(29-31-38)39-32-33-47-48(34-39)52(44-25-13-17-37-15-5-7-21-42(37)44)46-23-9-8-22-45(46)51(47)43-24-12-16-36-14-4-6-20-41(36)43/h1-23,25-34,43H,24H2. The van der Waals surface area contributed by atoms with E-state index in [9.17, 15) is 0 Å². The fraction of sp³-hybridized carbons (Fsp3) is 0.0377. The van der Waals surface area contributed by atoms with Crippen LogP contribution in [0.1, 0.15) is 29.0 Å². The van der Waals surface area contributed by atoms with Crippen LogP contribution >= 0.6 is 0 Å². The summed E-state index contributed by atoms with van der Waals surface area (Å²) in [5.74, 6) is 1.19. The van der Waals surface area contributed by atoms with Crippen LogP contribution in [0, 0.1) is 0 Å². The van der Waals surface area contributed by atoms with Crippen molar-refractivity contribution in [3.63, 3.8) is 0 Å². The maximum Gasteiger partial charge on any atom is 0.145 e. The van der Waals surface area contributed by atoms with Gasteiger partial charge >= 0.3 is 0 Å². The van der Waals surface area contributed by atoms with Crippen molar-refractivity contribution in [1.29, 1.82) is 0 Å². The van der Waals surface area contributed by atoms with Crippen LogP contribution in [0.5, 0.6) is 0 Å². The van der Waals surface area contributed by atoms with E-state index < -0.39 is 0 Å². The van der Waals surface area contributed by atoms with Crippen LogP contribution in [-0.4, -0.2) is 9.55 Å². The molecule has 1 unspecified atom stereocenters. The van der Waals surface area contributed by atoms with Gasteiger partial charge in [-0.15, -0.1) is 0 Å². The third-order valence-corrected chi connectivity index (χ3v) is 11.6.